The van der Waals surface area contributed by atoms with Crippen LogP contribution in [0.2, 0.25) is 0 Å². The summed E-state index contributed by atoms with van der Waals surface area (Å²) >= 11 is 0. The van der Waals surface area contributed by atoms with Crippen molar-refractivity contribution in [2.45, 2.75) is 70.7 Å². The molecule has 0 aromatic heterocycles. The Kier molecular flexibility index (Phi) is 12.6. The highest BCUT2D eigenvalue weighted by atomic mass is 32.2. The van der Waals surface area contributed by atoms with E-state index in [1.165, 1.54) is 9.88 Å². The van der Waals surface area contributed by atoms with Crippen LogP contribution in [-0.2, 0) is 16.6 Å². The molecule has 0 atom stereocenters. The number of nitrogens with zero attached hydrogens (tertiary/aromatic N) is 4. The van der Waals surface area contributed by atoms with Crippen LogP contribution in [-0.4, -0.2) is 83.9 Å². The molecule has 1 aromatic carbocycles. The average Bonchev–Trinajstić information content (AvgIpc) is 2.84. The van der Waals surface area contributed by atoms with E-state index in [9.17, 15) is 8.42 Å². The van der Waals surface area contributed by atoms with Gasteiger partial charge in [-0.2, -0.15) is 0 Å². The summed E-state index contributed by atoms with van der Waals surface area (Å²) in [6, 6.07) is 3.98. The largest absolute Gasteiger partial charge is 0.458 e. The van der Waals surface area contributed by atoms with Gasteiger partial charge in [-0.15, -0.1) is 0 Å². The molecule has 0 fully saturated rings. The fourth-order valence-electron chi connectivity index (χ4n) is 4.21. The molecule has 2 rings (SSSR count). The van der Waals surface area contributed by atoms with Gasteiger partial charge in [-0.25, -0.2) is 12.7 Å². The molecule has 0 saturated heterocycles. The van der Waals surface area contributed by atoms with Gasteiger partial charge in [-0.05, 0) is 71.1 Å². The first kappa shape index (κ1) is 31.3. The number of sulfonamides is 1. The number of likely N-dealkylation sites (N-methyl/N-ethyl adjacent to an activating group) is 2. The molecule has 1 aliphatic rings. The van der Waals surface area contributed by atoms with Crippen LogP contribution in [0, 0.1) is 0 Å². The van der Waals surface area contributed by atoms with Crippen LogP contribution in [0.3, 0.4) is 0 Å². The highest BCUT2D eigenvalue weighted by Crippen LogP contribution is 2.40. The Morgan fingerprint density at radius 1 is 0.865 bits per heavy atom. The number of anilines is 1. The van der Waals surface area contributed by atoms with E-state index in [-0.39, 0.29) is 4.90 Å². The van der Waals surface area contributed by atoms with Crippen LogP contribution >= 0.6 is 0 Å². The maximum atomic E-state index is 13.7. The van der Waals surface area contributed by atoms with Crippen molar-refractivity contribution in [3.63, 3.8) is 0 Å². The smallest absolute Gasteiger partial charge is 0.246 e. The molecule has 7 nitrogen and oxygen atoms in total. The Bertz CT molecular complexity index is 1020. The summed E-state index contributed by atoms with van der Waals surface area (Å²) in [5.74, 6) is 1.27. The molecular weight excluding hydrogens is 484 g/mol. The number of unbranched alkanes of at least 4 members (excludes halogenated alkanes) is 2. The quantitative estimate of drug-likeness (QED) is 0.285. The van der Waals surface area contributed by atoms with E-state index in [1.54, 1.807) is 14.1 Å². The maximum Gasteiger partial charge on any atom is 0.246 e. The minimum absolute atomic E-state index is 0.246. The number of allylic oxidation sites excluding steroid dienone is 4. The lowest BCUT2D eigenvalue weighted by Gasteiger charge is -2.30. The molecule has 0 radical (unpaired) electrons. The van der Waals surface area contributed by atoms with Gasteiger partial charge in [0.2, 0.25) is 10.0 Å². The van der Waals surface area contributed by atoms with Crippen LogP contribution in [0.1, 0.15) is 64.9 Å². The third-order valence-corrected chi connectivity index (χ3v) is 8.51. The van der Waals surface area contributed by atoms with Gasteiger partial charge in [0.15, 0.2) is 5.75 Å². The van der Waals surface area contributed by atoms with Crippen molar-refractivity contribution in [3.8, 4) is 5.75 Å². The van der Waals surface area contributed by atoms with E-state index in [4.69, 9.17) is 4.74 Å². The highest BCUT2D eigenvalue weighted by Gasteiger charge is 2.29. The van der Waals surface area contributed by atoms with Crippen molar-refractivity contribution in [1.29, 1.82) is 0 Å². The average molecular weight is 535 g/mol. The lowest BCUT2D eigenvalue weighted by molar-refractivity contribution is 0.276. The van der Waals surface area contributed by atoms with Gasteiger partial charge in [0, 0.05) is 53.2 Å². The van der Waals surface area contributed by atoms with Gasteiger partial charge < -0.3 is 19.4 Å². The molecule has 210 valence electrons. The fourth-order valence-corrected chi connectivity index (χ4v) is 5.28. The summed E-state index contributed by atoms with van der Waals surface area (Å²) < 4.78 is 35.2. The number of ether oxygens (including phenoxy) is 1. The van der Waals surface area contributed by atoms with Crippen LogP contribution < -0.4 is 9.64 Å². The molecule has 0 spiro atoms. The number of hydrogen-bond acceptors (Lipinski definition) is 6. The summed E-state index contributed by atoms with van der Waals surface area (Å²) in [4.78, 5) is 6.98. The summed E-state index contributed by atoms with van der Waals surface area (Å²) in [5.41, 5.74) is 3.17. The summed E-state index contributed by atoms with van der Waals surface area (Å²) in [6.45, 7) is 10.7. The van der Waals surface area contributed by atoms with Crippen molar-refractivity contribution in [2.24, 2.45) is 0 Å². The minimum Gasteiger partial charge on any atom is -0.458 e. The van der Waals surface area contributed by atoms with Crippen LogP contribution in [0.15, 0.2) is 40.5 Å². The van der Waals surface area contributed by atoms with Gasteiger partial charge in [-0.1, -0.05) is 38.3 Å². The standard InChI is InChI=1S/C29H50N4O3S/c1-9-11-17-33(18-12-10-2)27-21-25(23-32(8)20-19-30(4)5)22-28(37(34,35)31(6)7)29(27)36-26-15-13-24(3)14-16-26/h13,15,21-22H,9-12,14,16-20,23H2,1-8H3. The van der Waals surface area contributed by atoms with E-state index < -0.39 is 10.0 Å². The van der Waals surface area contributed by atoms with Crippen molar-refractivity contribution in [2.75, 3.05) is 66.3 Å². The van der Waals surface area contributed by atoms with E-state index in [0.717, 1.165) is 81.7 Å². The van der Waals surface area contributed by atoms with Crippen molar-refractivity contribution in [1.82, 2.24) is 14.1 Å². The molecule has 0 unspecified atom stereocenters. The second kappa shape index (κ2) is 14.9. The third kappa shape index (κ3) is 9.43. The Morgan fingerprint density at radius 3 is 2.03 bits per heavy atom. The number of rotatable bonds is 16. The number of benzene rings is 1. The highest BCUT2D eigenvalue weighted by molar-refractivity contribution is 7.89. The first-order chi connectivity index (χ1) is 17.5. The van der Waals surface area contributed by atoms with Crippen molar-refractivity contribution in [3.05, 3.63) is 41.2 Å². The molecule has 0 aliphatic heterocycles. The minimum atomic E-state index is -3.74. The molecule has 1 aromatic rings. The monoisotopic (exact) mass is 534 g/mol. The lowest BCUT2D eigenvalue weighted by atomic mass is 10.1. The zero-order valence-corrected chi connectivity index (χ0v) is 25.3. The third-order valence-electron chi connectivity index (χ3n) is 6.69. The molecule has 0 amide bonds. The molecule has 0 saturated carbocycles. The first-order valence-corrected chi connectivity index (χ1v) is 15.1. The molecule has 0 heterocycles. The molecule has 1 aliphatic carbocycles. The summed E-state index contributed by atoms with van der Waals surface area (Å²) in [6.07, 6.45) is 9.96. The molecule has 37 heavy (non-hydrogen) atoms. The predicted octanol–water partition coefficient (Wildman–Crippen LogP) is 5.34. The summed E-state index contributed by atoms with van der Waals surface area (Å²) in [5, 5.41) is 0. The molecule has 0 N–H and O–H groups in total. The van der Waals surface area contributed by atoms with Crippen LogP contribution in [0.5, 0.6) is 5.75 Å². The normalized spacial score (nSPS) is 14.4. The first-order valence-electron chi connectivity index (χ1n) is 13.7. The van der Waals surface area contributed by atoms with Crippen molar-refractivity contribution >= 4 is 15.7 Å². The maximum absolute atomic E-state index is 13.7. The van der Waals surface area contributed by atoms with Crippen molar-refractivity contribution < 1.29 is 13.2 Å². The zero-order chi connectivity index (χ0) is 27.6. The Hall–Kier alpha value is -1.87. The molecular formula is C29H50N4O3S. The summed E-state index contributed by atoms with van der Waals surface area (Å²) in [7, 11) is 5.66. The Balaban J connectivity index is 2.70. The SMILES string of the molecule is CCCCN(CCCC)c1cc(CN(C)CCN(C)C)cc(S(=O)(=O)N(C)C)c1OC1=CC=C(C)CC1. The van der Waals surface area contributed by atoms with Gasteiger partial charge in [-0.3, -0.25) is 0 Å². The second-order valence-electron chi connectivity index (χ2n) is 10.7. The van der Waals surface area contributed by atoms with Gasteiger partial charge >= 0.3 is 0 Å². The topological polar surface area (TPSA) is 56.3 Å². The van der Waals surface area contributed by atoms with E-state index in [0.29, 0.717) is 12.3 Å². The zero-order valence-electron chi connectivity index (χ0n) is 24.5. The van der Waals surface area contributed by atoms with Gasteiger partial charge in [0.1, 0.15) is 10.7 Å². The van der Waals surface area contributed by atoms with E-state index >= 15 is 0 Å². The fraction of sp³-hybridized carbons (Fsp3) is 0.655. The Morgan fingerprint density at radius 2 is 1.51 bits per heavy atom. The Labute approximate surface area is 226 Å². The van der Waals surface area contributed by atoms with E-state index in [2.05, 4.69) is 68.8 Å². The van der Waals surface area contributed by atoms with E-state index in [1.807, 2.05) is 12.1 Å². The van der Waals surface area contributed by atoms with Gasteiger partial charge in [0.05, 0.1) is 5.69 Å². The molecule has 8 heteroatoms. The van der Waals surface area contributed by atoms with Gasteiger partial charge in [0.25, 0.3) is 0 Å². The predicted molar refractivity (Wildman–Crippen MR) is 156 cm³/mol. The second-order valence-corrected chi connectivity index (χ2v) is 12.8. The molecule has 0 bridgehead atoms. The lowest BCUT2D eigenvalue weighted by Crippen LogP contribution is -2.30. The van der Waals surface area contributed by atoms with Crippen LogP contribution in [0.25, 0.3) is 0 Å². The number of hydrogen-bond donors (Lipinski definition) is 0. The van der Waals surface area contributed by atoms with Crippen LogP contribution in [0.4, 0.5) is 5.69 Å².